The van der Waals surface area contributed by atoms with Crippen LogP contribution in [0, 0.1) is 0 Å². The van der Waals surface area contributed by atoms with E-state index in [1.165, 1.54) is 17.6 Å². The van der Waals surface area contributed by atoms with Gasteiger partial charge in [-0.25, -0.2) is 24.1 Å². The highest BCUT2D eigenvalue weighted by molar-refractivity contribution is 7.84. The third kappa shape index (κ3) is 7.02. The monoisotopic (exact) mass is 665 g/mol. The average molecular weight is 666 g/mol. The van der Waals surface area contributed by atoms with Crippen LogP contribution in [0.1, 0.15) is 30.0 Å². The second kappa shape index (κ2) is 12.3. The summed E-state index contributed by atoms with van der Waals surface area (Å²) in [4.78, 5) is 81.4. The molecule has 0 aliphatic carbocycles. The number of carbonyl (C=O) groups is 4. The zero-order valence-electron chi connectivity index (χ0n) is 23.0. The number of thiazole rings is 1. The molecule has 22 heteroatoms. The van der Waals surface area contributed by atoms with Crippen LogP contribution in [-0.2, 0) is 29.5 Å². The van der Waals surface area contributed by atoms with E-state index in [1.54, 1.807) is 0 Å². The van der Waals surface area contributed by atoms with E-state index in [4.69, 9.17) is 10.6 Å². The van der Waals surface area contributed by atoms with Gasteiger partial charge in [-0.2, -0.15) is 8.42 Å². The van der Waals surface area contributed by atoms with Crippen LogP contribution in [0.15, 0.2) is 39.9 Å². The molecule has 4 heterocycles. The van der Waals surface area contributed by atoms with Crippen molar-refractivity contribution in [2.45, 2.75) is 31.5 Å². The summed E-state index contributed by atoms with van der Waals surface area (Å²) in [6.45, 7) is 1.66. The molecule has 20 nitrogen and oxygen atoms in total. The lowest BCUT2D eigenvalue weighted by molar-refractivity contribution is -0.161. The number of carboxylic acid groups (broad SMARTS) is 1. The molecule has 8 N–H and O–H groups in total. The molecule has 0 unspecified atom stereocenters. The number of rotatable bonds is 11. The lowest BCUT2D eigenvalue weighted by Gasteiger charge is -2.44. The number of aromatic hydroxyl groups is 1. The quantitative estimate of drug-likeness (QED) is 0.0508. The molecule has 3 aromatic heterocycles. The first kappa shape index (κ1) is 32.4. The average Bonchev–Trinajstić information content (AvgIpc) is 3.39. The minimum Gasteiger partial charge on any atom is -0.503 e. The number of hydrogen-bond donors (Lipinski definition) is 7. The predicted octanol–water partition coefficient (Wildman–Crippen LogP) is -1.91. The summed E-state index contributed by atoms with van der Waals surface area (Å²) in [5, 5.41) is 28.2. The summed E-state index contributed by atoms with van der Waals surface area (Å²) >= 11 is 0.903. The van der Waals surface area contributed by atoms with E-state index in [0.29, 0.717) is 0 Å². The topological polar surface area (TPSA) is 310 Å². The first-order valence-corrected chi connectivity index (χ1v) is 14.6. The molecule has 2 atom stereocenters. The van der Waals surface area contributed by atoms with Crippen LogP contribution in [0.5, 0.6) is 5.75 Å². The number of carboxylic acids is 1. The van der Waals surface area contributed by atoms with E-state index < -0.39 is 75.1 Å². The minimum atomic E-state index is -5.15. The molecular weight excluding hydrogens is 642 g/mol. The predicted molar refractivity (Wildman–Crippen MR) is 152 cm³/mol. The Morgan fingerprint density at radius 3 is 2.56 bits per heavy atom. The zero-order chi connectivity index (χ0) is 33.3. The molecule has 1 saturated heterocycles. The first-order valence-electron chi connectivity index (χ1n) is 12.4. The van der Waals surface area contributed by atoms with Crippen molar-refractivity contribution in [1.29, 1.82) is 0 Å². The zero-order valence-corrected chi connectivity index (χ0v) is 24.6. The number of amides is 3. The molecule has 1 aliphatic rings. The van der Waals surface area contributed by atoms with Crippen molar-refractivity contribution in [2.75, 3.05) is 12.3 Å². The summed E-state index contributed by atoms with van der Waals surface area (Å²) in [6.07, 6.45) is 2.18. The van der Waals surface area contributed by atoms with Gasteiger partial charge in [-0.3, -0.25) is 23.7 Å². The maximum absolute atomic E-state index is 13.2. The number of oxime groups is 1. The Kier molecular flexibility index (Phi) is 8.83. The lowest BCUT2D eigenvalue weighted by Crippen LogP contribution is -2.74. The SMILES string of the molecule is CC(C)(O/N=C(\C(=O)N[C@@H]1C(=O)N(S(=O)(=O)O)[C@@H]1CNC(=O)c1ccnc(-c2cc(=O)c(O)c[nH]2)n1)c1csc(N)n1)C(=O)O. The van der Waals surface area contributed by atoms with E-state index in [2.05, 4.69) is 35.7 Å². The van der Waals surface area contributed by atoms with Gasteiger partial charge >= 0.3 is 16.3 Å². The minimum absolute atomic E-state index is 0.00509. The maximum Gasteiger partial charge on any atom is 0.362 e. The summed E-state index contributed by atoms with van der Waals surface area (Å²) in [5.41, 5.74) is 2.02. The van der Waals surface area contributed by atoms with Crippen molar-refractivity contribution in [3.63, 3.8) is 0 Å². The van der Waals surface area contributed by atoms with Crippen molar-refractivity contribution in [2.24, 2.45) is 5.16 Å². The van der Waals surface area contributed by atoms with Gasteiger partial charge in [0.15, 0.2) is 22.4 Å². The fourth-order valence-electron chi connectivity index (χ4n) is 3.67. The number of anilines is 1. The molecule has 0 bridgehead atoms. The summed E-state index contributed by atoms with van der Waals surface area (Å²) in [6, 6.07) is -1.01. The Bertz CT molecular complexity index is 1890. The molecule has 3 aromatic rings. The van der Waals surface area contributed by atoms with Crippen molar-refractivity contribution in [3.8, 4) is 17.3 Å². The highest BCUT2D eigenvalue weighted by Gasteiger charge is 2.54. The van der Waals surface area contributed by atoms with Gasteiger partial charge < -0.3 is 36.4 Å². The van der Waals surface area contributed by atoms with Crippen LogP contribution < -0.4 is 21.8 Å². The lowest BCUT2D eigenvalue weighted by atomic mass is 9.98. The van der Waals surface area contributed by atoms with Gasteiger partial charge in [0.25, 0.3) is 17.7 Å². The number of carbonyl (C=O) groups excluding carboxylic acids is 3. The molecule has 4 rings (SSSR count). The number of nitrogens with zero attached hydrogens (tertiary/aromatic N) is 5. The Morgan fingerprint density at radius 2 is 1.96 bits per heavy atom. The number of aliphatic carboxylic acids is 1. The second-order valence-corrected chi connectivity index (χ2v) is 11.8. The van der Waals surface area contributed by atoms with Gasteiger partial charge in [0.1, 0.15) is 17.4 Å². The summed E-state index contributed by atoms with van der Waals surface area (Å²) < 4.78 is 33.5. The Morgan fingerprint density at radius 1 is 1.24 bits per heavy atom. The number of nitrogens with two attached hydrogens (primary N) is 1. The second-order valence-electron chi connectivity index (χ2n) is 9.62. The molecule has 0 radical (unpaired) electrons. The van der Waals surface area contributed by atoms with E-state index in [1.807, 2.05) is 0 Å². The maximum atomic E-state index is 13.2. The van der Waals surface area contributed by atoms with E-state index in [0.717, 1.165) is 37.4 Å². The number of pyridine rings is 1. The van der Waals surface area contributed by atoms with Gasteiger partial charge in [-0.1, -0.05) is 5.16 Å². The number of aromatic amines is 1. The molecule has 0 aromatic carbocycles. The standard InChI is InChI=1S/C23H23N9O11S2/c1-23(2,21(38)39)43-31-15(11-8-44-22(24)29-11)19(36)30-16-12(32(20(16)37)45(40,41)42)6-27-18(35)9-3-4-25-17(28-9)10-5-13(33)14(34)7-26-10/h3-5,7-8,12,16,34H,6H2,1-2H3,(H2,24,29)(H,26,33)(H,27,35)(H,30,36)(H,38,39)(H,40,41,42)/b31-15-/t12-,16+/m1/s1. The van der Waals surface area contributed by atoms with Crippen molar-refractivity contribution in [3.05, 3.63) is 51.5 Å². The normalized spacial score (nSPS) is 16.9. The largest absolute Gasteiger partial charge is 0.503 e. The van der Waals surface area contributed by atoms with Gasteiger partial charge in [0.2, 0.25) is 11.0 Å². The van der Waals surface area contributed by atoms with Gasteiger partial charge in [-0.15, -0.1) is 11.3 Å². The van der Waals surface area contributed by atoms with Gasteiger partial charge in [0, 0.05) is 30.4 Å². The van der Waals surface area contributed by atoms with Crippen LogP contribution in [0.2, 0.25) is 0 Å². The third-order valence-electron chi connectivity index (χ3n) is 6.06. The van der Waals surface area contributed by atoms with Crippen LogP contribution in [0.4, 0.5) is 5.13 Å². The molecule has 1 aliphatic heterocycles. The van der Waals surface area contributed by atoms with Crippen molar-refractivity contribution in [1.82, 2.24) is 34.9 Å². The number of H-pyrrole nitrogens is 1. The van der Waals surface area contributed by atoms with Gasteiger partial charge in [-0.05, 0) is 19.9 Å². The molecular formula is C23H23N9O11S2. The fourth-order valence-corrected chi connectivity index (χ4v) is 5.09. The number of nitrogens with one attached hydrogen (secondary N) is 3. The van der Waals surface area contributed by atoms with E-state index in [9.17, 15) is 47.2 Å². The van der Waals surface area contributed by atoms with Crippen molar-refractivity contribution >= 4 is 56.2 Å². The highest BCUT2D eigenvalue weighted by atomic mass is 32.2. The van der Waals surface area contributed by atoms with Gasteiger partial charge in [0.05, 0.1) is 11.7 Å². The molecule has 45 heavy (non-hydrogen) atoms. The van der Waals surface area contributed by atoms with Crippen molar-refractivity contribution < 1.29 is 47.2 Å². The summed E-state index contributed by atoms with van der Waals surface area (Å²) in [7, 11) is -5.15. The number of β-lactam (4-membered cyclic amide) rings is 1. The van der Waals surface area contributed by atoms with Crippen LogP contribution >= 0.6 is 11.3 Å². The number of hydrogen-bond acceptors (Lipinski definition) is 15. The van der Waals surface area contributed by atoms with Crippen LogP contribution in [0.3, 0.4) is 0 Å². The smallest absolute Gasteiger partial charge is 0.362 e. The highest BCUT2D eigenvalue weighted by Crippen LogP contribution is 2.24. The molecule has 0 spiro atoms. The Balaban J connectivity index is 1.55. The summed E-state index contributed by atoms with van der Waals surface area (Å²) in [5.74, 6) is -5.41. The fraction of sp³-hybridized carbons (Fsp3) is 0.261. The third-order valence-corrected chi connectivity index (χ3v) is 7.68. The molecule has 0 saturated carbocycles. The van der Waals surface area contributed by atoms with E-state index in [-0.39, 0.29) is 32.3 Å². The molecule has 1 fully saturated rings. The first-order chi connectivity index (χ1) is 21.0. The number of nitrogen functional groups attached to an aromatic ring is 1. The number of aromatic nitrogens is 4. The van der Waals surface area contributed by atoms with Crippen LogP contribution in [-0.4, -0.2) is 101 Å². The van der Waals surface area contributed by atoms with E-state index >= 15 is 0 Å². The Labute approximate surface area is 255 Å². The molecule has 3 amide bonds. The molecule has 238 valence electrons. The van der Waals surface area contributed by atoms with Crippen LogP contribution in [0.25, 0.3) is 11.5 Å². The Hall–Kier alpha value is -5.48.